The minimum atomic E-state index is -0.990. The SMILES string of the molecule is O=C(O)c1c[nH]c2ncc(Cl)cc12.[N-]=[N+]=NC(=O)c1c[nH]c2ncc(Cl)cc12. The number of hydrogen-bond donors (Lipinski definition) is 3. The number of nitrogens with one attached hydrogen (secondary N) is 2. The lowest BCUT2D eigenvalue weighted by atomic mass is 10.2. The highest BCUT2D eigenvalue weighted by molar-refractivity contribution is 6.31. The van der Waals surface area contributed by atoms with Gasteiger partial charge in [-0.2, -0.15) is 0 Å². The molecule has 0 aliphatic heterocycles. The number of carbonyl (C=O) groups excluding carboxylic acids is 1. The molecule has 140 valence electrons. The van der Waals surface area contributed by atoms with Gasteiger partial charge in [0.1, 0.15) is 11.3 Å². The van der Waals surface area contributed by atoms with Crippen molar-refractivity contribution >= 4 is 57.1 Å². The zero-order valence-corrected chi connectivity index (χ0v) is 15.2. The number of amides is 1. The van der Waals surface area contributed by atoms with Crippen LogP contribution in [-0.2, 0) is 0 Å². The van der Waals surface area contributed by atoms with Crippen molar-refractivity contribution < 1.29 is 14.7 Å². The van der Waals surface area contributed by atoms with Crippen LogP contribution >= 0.6 is 23.2 Å². The predicted octanol–water partition coefficient (Wildman–Crippen LogP) is 4.58. The van der Waals surface area contributed by atoms with E-state index >= 15 is 0 Å². The van der Waals surface area contributed by atoms with E-state index in [4.69, 9.17) is 33.8 Å². The highest BCUT2D eigenvalue weighted by Crippen LogP contribution is 2.21. The molecule has 10 nitrogen and oxygen atoms in total. The Hall–Kier alpha value is -3.59. The van der Waals surface area contributed by atoms with Crippen molar-refractivity contribution in [3.05, 3.63) is 68.5 Å². The van der Waals surface area contributed by atoms with Crippen LogP contribution in [0.25, 0.3) is 32.5 Å². The summed E-state index contributed by atoms with van der Waals surface area (Å²) < 4.78 is 0. The van der Waals surface area contributed by atoms with Crippen molar-refractivity contribution in [3.63, 3.8) is 0 Å². The first-order valence-electron chi connectivity index (χ1n) is 7.48. The zero-order valence-electron chi connectivity index (χ0n) is 13.7. The maximum absolute atomic E-state index is 11.3. The molecule has 4 heterocycles. The molecule has 28 heavy (non-hydrogen) atoms. The number of rotatable bonds is 2. The van der Waals surface area contributed by atoms with Gasteiger partial charge in [-0.1, -0.05) is 23.2 Å². The third-order valence-corrected chi connectivity index (χ3v) is 4.01. The van der Waals surface area contributed by atoms with Gasteiger partial charge in [-0.05, 0) is 22.8 Å². The second kappa shape index (κ2) is 7.97. The minimum Gasteiger partial charge on any atom is -0.478 e. The van der Waals surface area contributed by atoms with Gasteiger partial charge < -0.3 is 15.1 Å². The van der Waals surface area contributed by atoms with Gasteiger partial charge in [0, 0.05) is 40.5 Å². The number of aromatic amines is 2. The summed E-state index contributed by atoms with van der Waals surface area (Å²) >= 11 is 11.4. The lowest BCUT2D eigenvalue weighted by Gasteiger charge is -1.92. The normalized spacial score (nSPS) is 10.2. The lowest BCUT2D eigenvalue weighted by molar-refractivity contribution is 0.0699. The molecule has 0 fully saturated rings. The molecule has 0 spiro atoms. The monoisotopic (exact) mass is 417 g/mol. The van der Waals surface area contributed by atoms with Gasteiger partial charge in [-0.15, -0.1) is 0 Å². The number of aromatic carboxylic acids is 1. The van der Waals surface area contributed by atoms with E-state index in [2.05, 4.69) is 30.0 Å². The molecule has 0 atom stereocenters. The number of aromatic nitrogens is 4. The van der Waals surface area contributed by atoms with Crippen molar-refractivity contribution in [2.75, 3.05) is 0 Å². The van der Waals surface area contributed by atoms with Crippen molar-refractivity contribution in [2.45, 2.75) is 0 Å². The van der Waals surface area contributed by atoms with E-state index in [9.17, 15) is 9.59 Å². The van der Waals surface area contributed by atoms with Gasteiger partial charge in [-0.25, -0.2) is 14.8 Å². The van der Waals surface area contributed by atoms with Gasteiger partial charge in [-0.3, -0.25) is 4.79 Å². The van der Waals surface area contributed by atoms with Crippen LogP contribution in [0.2, 0.25) is 10.0 Å². The number of azide groups is 1. The first-order valence-corrected chi connectivity index (χ1v) is 8.24. The third kappa shape index (κ3) is 3.89. The summed E-state index contributed by atoms with van der Waals surface area (Å²) in [7, 11) is 0. The molecule has 0 unspecified atom stereocenters. The Labute approximate surface area is 165 Å². The number of pyridine rings is 2. The molecule has 1 amide bonds. The lowest BCUT2D eigenvalue weighted by Crippen LogP contribution is -1.93. The number of halogens is 2. The zero-order chi connectivity index (χ0) is 20.3. The Kier molecular flexibility index (Phi) is 5.46. The molecule has 0 aromatic carbocycles. The second-order valence-corrected chi connectivity index (χ2v) is 6.18. The number of carboxylic acids is 1. The summed E-state index contributed by atoms with van der Waals surface area (Å²) in [5.74, 6) is -1.65. The highest BCUT2D eigenvalue weighted by atomic mass is 35.5. The summed E-state index contributed by atoms with van der Waals surface area (Å²) in [6.45, 7) is 0. The van der Waals surface area contributed by atoms with Crippen LogP contribution in [0.4, 0.5) is 0 Å². The second-order valence-electron chi connectivity index (χ2n) is 5.30. The summed E-state index contributed by atoms with van der Waals surface area (Å²) in [5, 5.41) is 13.7. The first-order chi connectivity index (χ1) is 13.4. The predicted molar refractivity (Wildman–Crippen MR) is 103 cm³/mol. The Bertz CT molecular complexity index is 1260. The van der Waals surface area contributed by atoms with Gasteiger partial charge in [0.05, 0.1) is 21.2 Å². The van der Waals surface area contributed by atoms with Crippen LogP contribution in [0.5, 0.6) is 0 Å². The van der Waals surface area contributed by atoms with E-state index in [1.165, 1.54) is 24.8 Å². The maximum atomic E-state index is 11.3. The third-order valence-electron chi connectivity index (χ3n) is 3.59. The molecule has 0 radical (unpaired) electrons. The van der Waals surface area contributed by atoms with E-state index in [1.807, 2.05) is 0 Å². The molecular formula is C16H9Cl2N7O3. The molecule has 4 aromatic heterocycles. The molecule has 0 aliphatic rings. The smallest absolute Gasteiger partial charge is 0.337 e. The fourth-order valence-corrected chi connectivity index (χ4v) is 2.72. The number of carbonyl (C=O) groups is 2. The van der Waals surface area contributed by atoms with Crippen LogP contribution in [0, 0.1) is 0 Å². The Morgan fingerprint density at radius 1 is 1.00 bits per heavy atom. The molecule has 12 heteroatoms. The average molecular weight is 418 g/mol. The Balaban J connectivity index is 0.000000162. The molecule has 4 aromatic rings. The van der Waals surface area contributed by atoms with E-state index in [0.29, 0.717) is 32.1 Å². The average Bonchev–Trinajstić information content (AvgIpc) is 3.25. The fourth-order valence-electron chi connectivity index (χ4n) is 2.40. The Morgan fingerprint density at radius 3 is 2.00 bits per heavy atom. The number of hydrogen-bond acceptors (Lipinski definition) is 4. The minimum absolute atomic E-state index is 0.185. The van der Waals surface area contributed by atoms with Crippen molar-refractivity contribution in [3.8, 4) is 0 Å². The van der Waals surface area contributed by atoms with Crippen molar-refractivity contribution in [1.29, 1.82) is 0 Å². The molecular weight excluding hydrogens is 409 g/mol. The maximum Gasteiger partial charge on any atom is 0.337 e. The molecule has 3 N–H and O–H groups in total. The van der Waals surface area contributed by atoms with Gasteiger partial charge in [0.15, 0.2) is 0 Å². The molecule has 0 bridgehead atoms. The van der Waals surface area contributed by atoms with E-state index in [0.717, 1.165) is 0 Å². The fraction of sp³-hybridized carbons (Fsp3) is 0. The first kappa shape index (κ1) is 19.2. The molecule has 0 saturated carbocycles. The number of H-pyrrole nitrogens is 2. The number of fused-ring (bicyclic) bond motifs is 2. The van der Waals surface area contributed by atoms with Gasteiger partial charge in [0.25, 0.3) is 5.91 Å². The largest absolute Gasteiger partial charge is 0.478 e. The number of nitrogens with zero attached hydrogens (tertiary/aromatic N) is 5. The summed E-state index contributed by atoms with van der Waals surface area (Å²) in [5.41, 5.74) is 9.65. The van der Waals surface area contributed by atoms with Crippen LogP contribution in [0.15, 0.2) is 42.0 Å². The van der Waals surface area contributed by atoms with Crippen LogP contribution < -0.4 is 0 Å². The highest BCUT2D eigenvalue weighted by Gasteiger charge is 2.12. The number of carboxylic acid groups (broad SMARTS) is 1. The molecule has 0 aliphatic carbocycles. The van der Waals surface area contributed by atoms with Crippen LogP contribution in [-0.4, -0.2) is 36.9 Å². The summed E-state index contributed by atoms with van der Waals surface area (Å²) in [4.78, 5) is 37.9. The molecule has 0 saturated heterocycles. The van der Waals surface area contributed by atoms with Crippen LogP contribution in [0.3, 0.4) is 0 Å². The van der Waals surface area contributed by atoms with Crippen molar-refractivity contribution in [2.24, 2.45) is 5.11 Å². The van der Waals surface area contributed by atoms with Gasteiger partial charge in [0.2, 0.25) is 0 Å². The summed E-state index contributed by atoms with van der Waals surface area (Å²) in [6, 6.07) is 3.16. The summed E-state index contributed by atoms with van der Waals surface area (Å²) in [6.07, 6.45) is 5.76. The van der Waals surface area contributed by atoms with Crippen molar-refractivity contribution in [1.82, 2.24) is 19.9 Å². The van der Waals surface area contributed by atoms with E-state index in [1.54, 1.807) is 12.1 Å². The standard InChI is InChI=1S/C8H4ClN5O.C8H5ClN2O2/c9-4-1-5-6(8(15)13-14-10)3-12-7(5)11-2-4;9-4-1-5-6(8(12)13)3-11-7(5)10-2-4/h1-3H,(H,11,12);1-3H,(H,10,11)(H,12,13). The quantitative estimate of drug-likeness (QED) is 0.246. The van der Waals surface area contributed by atoms with E-state index < -0.39 is 11.9 Å². The van der Waals surface area contributed by atoms with Gasteiger partial charge >= 0.3 is 5.97 Å². The van der Waals surface area contributed by atoms with Crippen LogP contribution in [0.1, 0.15) is 20.7 Å². The van der Waals surface area contributed by atoms with E-state index in [-0.39, 0.29) is 11.1 Å². The molecule has 4 rings (SSSR count). The topological polar surface area (TPSA) is 160 Å². The Morgan fingerprint density at radius 2 is 1.50 bits per heavy atom.